The van der Waals surface area contributed by atoms with Gasteiger partial charge in [-0.15, -0.1) is 10.2 Å². The summed E-state index contributed by atoms with van der Waals surface area (Å²) < 4.78 is 1.61. The van der Waals surface area contributed by atoms with Crippen LogP contribution in [0.2, 0.25) is 0 Å². The first-order valence-corrected chi connectivity index (χ1v) is 4.32. The molecule has 6 nitrogen and oxygen atoms in total. The molecule has 0 saturated heterocycles. The summed E-state index contributed by atoms with van der Waals surface area (Å²) in [5.41, 5.74) is -1.10. The fourth-order valence-corrected chi connectivity index (χ4v) is 1.82. The van der Waals surface area contributed by atoms with Gasteiger partial charge in [-0.25, -0.2) is 0 Å². The third-order valence-electron chi connectivity index (χ3n) is 2.65. The summed E-state index contributed by atoms with van der Waals surface area (Å²) in [6.45, 7) is 0. The van der Waals surface area contributed by atoms with Gasteiger partial charge in [-0.05, 0) is 12.8 Å². The van der Waals surface area contributed by atoms with Gasteiger partial charge >= 0.3 is 5.97 Å². The number of carbonyl (C=O) groups is 1. The van der Waals surface area contributed by atoms with E-state index in [0.717, 1.165) is 0 Å². The van der Waals surface area contributed by atoms with Gasteiger partial charge in [-0.1, -0.05) is 0 Å². The molecule has 1 aliphatic rings. The lowest BCUT2D eigenvalue weighted by Crippen LogP contribution is -2.46. The number of carboxylic acid groups (broad SMARTS) is 1. The highest BCUT2D eigenvalue weighted by Crippen LogP contribution is 2.44. The molecule has 6 heteroatoms. The summed E-state index contributed by atoms with van der Waals surface area (Å²) >= 11 is 0. The Morgan fingerprint density at radius 1 is 1.71 bits per heavy atom. The number of aryl methyl sites for hydroxylation is 1. The molecule has 1 aliphatic carbocycles. The van der Waals surface area contributed by atoms with Crippen LogP contribution in [-0.2, 0) is 17.4 Å². The minimum absolute atomic E-state index is 0.217. The van der Waals surface area contributed by atoms with Gasteiger partial charge < -0.3 is 14.8 Å². The van der Waals surface area contributed by atoms with Crippen molar-refractivity contribution in [2.45, 2.75) is 18.4 Å². The molecule has 1 saturated carbocycles. The molecule has 0 spiro atoms. The molecule has 0 amide bonds. The first kappa shape index (κ1) is 9.14. The van der Waals surface area contributed by atoms with Gasteiger partial charge in [0.25, 0.3) is 0 Å². The molecule has 0 aliphatic heterocycles. The zero-order valence-electron chi connectivity index (χ0n) is 7.71. The normalized spacial score (nSPS) is 31.1. The average molecular weight is 197 g/mol. The molecule has 1 aromatic heterocycles. The van der Waals surface area contributed by atoms with Gasteiger partial charge in [0.15, 0.2) is 5.82 Å². The van der Waals surface area contributed by atoms with E-state index in [2.05, 4.69) is 10.2 Å². The van der Waals surface area contributed by atoms with Crippen LogP contribution in [0.25, 0.3) is 0 Å². The Kier molecular flexibility index (Phi) is 1.81. The molecule has 0 bridgehead atoms. The van der Waals surface area contributed by atoms with Gasteiger partial charge in [0.05, 0.1) is 5.92 Å². The van der Waals surface area contributed by atoms with Crippen LogP contribution in [0, 0.1) is 5.92 Å². The molecule has 2 rings (SSSR count). The summed E-state index contributed by atoms with van der Waals surface area (Å²) in [6, 6.07) is 0. The molecule has 14 heavy (non-hydrogen) atoms. The maximum atomic E-state index is 10.6. The van der Waals surface area contributed by atoms with E-state index in [4.69, 9.17) is 5.11 Å². The number of aromatic nitrogens is 3. The molecule has 2 N–H and O–H groups in total. The Morgan fingerprint density at radius 3 is 2.79 bits per heavy atom. The lowest BCUT2D eigenvalue weighted by molar-refractivity contribution is -0.161. The molecular weight excluding hydrogens is 186 g/mol. The highest BCUT2D eigenvalue weighted by molar-refractivity contribution is 5.71. The van der Waals surface area contributed by atoms with Crippen molar-refractivity contribution in [1.29, 1.82) is 0 Å². The third-order valence-corrected chi connectivity index (χ3v) is 2.65. The third kappa shape index (κ3) is 1.19. The summed E-state index contributed by atoms with van der Waals surface area (Å²) in [6.07, 6.45) is 1.92. The quantitative estimate of drug-likeness (QED) is 0.667. The molecule has 76 valence electrons. The Balaban J connectivity index is 2.15. The lowest BCUT2D eigenvalue weighted by Gasteiger charge is -2.40. The van der Waals surface area contributed by atoms with Gasteiger partial charge in [0.1, 0.15) is 11.9 Å². The Bertz CT molecular complexity index is 368. The van der Waals surface area contributed by atoms with Gasteiger partial charge in [0.2, 0.25) is 0 Å². The van der Waals surface area contributed by atoms with Crippen molar-refractivity contribution in [2.24, 2.45) is 13.0 Å². The predicted octanol–water partition coefficient (Wildman–Crippen LogP) is -0.503. The van der Waals surface area contributed by atoms with E-state index in [1.54, 1.807) is 11.6 Å². The van der Waals surface area contributed by atoms with Crippen LogP contribution >= 0.6 is 0 Å². The second-order valence-electron chi connectivity index (χ2n) is 3.74. The molecule has 1 heterocycles. The number of aliphatic carboxylic acids is 1. The van der Waals surface area contributed by atoms with E-state index in [1.165, 1.54) is 6.33 Å². The van der Waals surface area contributed by atoms with Crippen LogP contribution in [0.1, 0.15) is 18.7 Å². The van der Waals surface area contributed by atoms with E-state index in [-0.39, 0.29) is 12.8 Å². The van der Waals surface area contributed by atoms with Crippen molar-refractivity contribution in [3.63, 3.8) is 0 Å². The first-order valence-electron chi connectivity index (χ1n) is 4.32. The summed E-state index contributed by atoms with van der Waals surface area (Å²) in [4.78, 5) is 10.6. The molecular formula is C8H11N3O3. The minimum atomic E-state index is -1.10. The largest absolute Gasteiger partial charge is 0.481 e. The molecule has 0 aromatic carbocycles. The first-order chi connectivity index (χ1) is 6.53. The Labute approximate surface area is 80.2 Å². The maximum Gasteiger partial charge on any atom is 0.306 e. The van der Waals surface area contributed by atoms with Crippen molar-refractivity contribution in [3.8, 4) is 0 Å². The number of hydrogen-bond acceptors (Lipinski definition) is 4. The van der Waals surface area contributed by atoms with Crippen LogP contribution in [0.15, 0.2) is 6.33 Å². The molecule has 1 aromatic rings. The lowest BCUT2D eigenvalue weighted by atomic mass is 9.70. The maximum absolute atomic E-state index is 10.6. The SMILES string of the molecule is Cn1cnnc1C1(O)CC(C(=O)O)C1. The van der Waals surface area contributed by atoms with Crippen molar-refractivity contribution in [1.82, 2.24) is 14.8 Å². The number of hydrogen-bond donors (Lipinski definition) is 2. The van der Waals surface area contributed by atoms with Crippen LogP contribution in [0.4, 0.5) is 0 Å². The van der Waals surface area contributed by atoms with Gasteiger partial charge in [-0.2, -0.15) is 0 Å². The van der Waals surface area contributed by atoms with E-state index < -0.39 is 17.5 Å². The molecule has 0 radical (unpaired) electrons. The molecule has 1 fully saturated rings. The van der Waals surface area contributed by atoms with Crippen molar-refractivity contribution in [2.75, 3.05) is 0 Å². The second kappa shape index (κ2) is 2.78. The van der Waals surface area contributed by atoms with Crippen molar-refractivity contribution < 1.29 is 15.0 Å². The Hall–Kier alpha value is -1.43. The summed E-state index contributed by atoms with van der Waals surface area (Å²) in [7, 11) is 1.72. The van der Waals surface area contributed by atoms with E-state index in [9.17, 15) is 9.90 Å². The molecule has 0 atom stereocenters. The highest BCUT2D eigenvalue weighted by atomic mass is 16.4. The fourth-order valence-electron chi connectivity index (χ4n) is 1.82. The van der Waals surface area contributed by atoms with E-state index >= 15 is 0 Å². The van der Waals surface area contributed by atoms with Gasteiger partial charge in [0, 0.05) is 7.05 Å². The van der Waals surface area contributed by atoms with Crippen LogP contribution in [-0.4, -0.2) is 30.9 Å². The van der Waals surface area contributed by atoms with Crippen LogP contribution < -0.4 is 0 Å². The second-order valence-corrected chi connectivity index (χ2v) is 3.74. The topological polar surface area (TPSA) is 88.2 Å². The van der Waals surface area contributed by atoms with Crippen LogP contribution in [0.3, 0.4) is 0 Å². The Morgan fingerprint density at radius 2 is 2.36 bits per heavy atom. The van der Waals surface area contributed by atoms with E-state index in [0.29, 0.717) is 5.82 Å². The summed E-state index contributed by atoms with van der Waals surface area (Å²) in [5.74, 6) is -0.886. The number of rotatable bonds is 2. The fraction of sp³-hybridized carbons (Fsp3) is 0.625. The van der Waals surface area contributed by atoms with Crippen LogP contribution in [0.5, 0.6) is 0 Å². The summed E-state index contributed by atoms with van der Waals surface area (Å²) in [5, 5.41) is 26.1. The average Bonchev–Trinajstić information content (AvgIpc) is 2.45. The van der Waals surface area contributed by atoms with E-state index in [1.807, 2.05) is 0 Å². The van der Waals surface area contributed by atoms with Crippen molar-refractivity contribution in [3.05, 3.63) is 12.2 Å². The highest BCUT2D eigenvalue weighted by Gasteiger charge is 2.50. The zero-order valence-corrected chi connectivity index (χ0v) is 7.71. The number of aliphatic hydroxyl groups is 1. The molecule has 0 unspecified atom stereocenters. The zero-order chi connectivity index (χ0) is 10.3. The van der Waals surface area contributed by atoms with Gasteiger partial charge in [-0.3, -0.25) is 4.79 Å². The monoisotopic (exact) mass is 197 g/mol. The number of nitrogens with zero attached hydrogens (tertiary/aromatic N) is 3. The number of carboxylic acids is 1. The minimum Gasteiger partial charge on any atom is -0.481 e. The predicted molar refractivity (Wildman–Crippen MR) is 45.3 cm³/mol. The smallest absolute Gasteiger partial charge is 0.306 e. The standard InChI is InChI=1S/C8H11N3O3/c1-11-4-9-10-7(11)8(14)2-5(3-8)6(12)13/h4-5,14H,2-3H2,1H3,(H,12,13). The van der Waals surface area contributed by atoms with Crippen molar-refractivity contribution >= 4 is 5.97 Å².